The van der Waals surface area contributed by atoms with Crippen LogP contribution in [0.15, 0.2) is 0 Å². The molecule has 0 saturated carbocycles. The summed E-state index contributed by atoms with van der Waals surface area (Å²) in [5, 5.41) is 3.28. The first-order valence-corrected chi connectivity index (χ1v) is 7.88. The van der Waals surface area contributed by atoms with Gasteiger partial charge in [0.2, 0.25) is 10.0 Å². The zero-order valence-electron chi connectivity index (χ0n) is 10.7. The number of hydrogen-bond acceptors (Lipinski definition) is 4. The van der Waals surface area contributed by atoms with E-state index < -0.39 is 10.0 Å². The van der Waals surface area contributed by atoms with Crippen LogP contribution in [0.1, 0.15) is 26.2 Å². The van der Waals surface area contributed by atoms with Crippen molar-refractivity contribution in [2.75, 3.05) is 32.6 Å². The van der Waals surface area contributed by atoms with Crippen molar-refractivity contribution >= 4 is 10.0 Å². The maximum atomic E-state index is 11.8. The lowest BCUT2D eigenvalue weighted by molar-refractivity contribution is 0.180. The molecule has 1 heterocycles. The summed E-state index contributed by atoms with van der Waals surface area (Å²) < 4.78 is 31.1. The van der Waals surface area contributed by atoms with Crippen LogP contribution in [0.5, 0.6) is 0 Å². The molecule has 1 unspecified atom stereocenters. The van der Waals surface area contributed by atoms with Gasteiger partial charge in [-0.1, -0.05) is 0 Å². The Bertz CT molecular complexity index is 300. The largest absolute Gasteiger partial charge is 0.383 e. The maximum absolute atomic E-state index is 11.8. The van der Waals surface area contributed by atoms with E-state index in [0.717, 1.165) is 32.4 Å². The van der Waals surface area contributed by atoms with Gasteiger partial charge < -0.3 is 10.1 Å². The van der Waals surface area contributed by atoms with E-state index in [9.17, 15) is 8.42 Å². The fourth-order valence-corrected chi connectivity index (χ4v) is 3.58. The van der Waals surface area contributed by atoms with Crippen LogP contribution in [0.4, 0.5) is 0 Å². The number of rotatable bonds is 7. The summed E-state index contributed by atoms with van der Waals surface area (Å²) in [5.74, 6) is 0.775. The van der Waals surface area contributed by atoms with Gasteiger partial charge in [-0.3, -0.25) is 0 Å². The van der Waals surface area contributed by atoms with Gasteiger partial charge in [-0.25, -0.2) is 13.1 Å². The molecule has 1 fully saturated rings. The van der Waals surface area contributed by atoms with Crippen LogP contribution in [-0.2, 0) is 14.8 Å². The SMILES string of the molecule is COCC(C)NS(=O)(=O)CCC1CCNCC1. The third kappa shape index (κ3) is 6.35. The van der Waals surface area contributed by atoms with E-state index in [0.29, 0.717) is 12.5 Å². The summed E-state index contributed by atoms with van der Waals surface area (Å²) in [7, 11) is -1.58. The van der Waals surface area contributed by atoms with Gasteiger partial charge in [0, 0.05) is 13.2 Å². The summed E-state index contributed by atoms with van der Waals surface area (Å²) in [4.78, 5) is 0. The van der Waals surface area contributed by atoms with Crippen LogP contribution in [0, 0.1) is 5.92 Å². The summed E-state index contributed by atoms with van der Waals surface area (Å²) in [6.07, 6.45) is 2.93. The Hall–Kier alpha value is -0.170. The van der Waals surface area contributed by atoms with E-state index in [2.05, 4.69) is 10.0 Å². The van der Waals surface area contributed by atoms with Crippen molar-refractivity contribution in [3.8, 4) is 0 Å². The molecule has 0 spiro atoms. The van der Waals surface area contributed by atoms with Gasteiger partial charge in [-0.2, -0.15) is 0 Å². The van der Waals surface area contributed by atoms with Crippen LogP contribution >= 0.6 is 0 Å². The van der Waals surface area contributed by atoms with Crippen LogP contribution in [0.3, 0.4) is 0 Å². The zero-order chi connectivity index (χ0) is 12.7. The number of ether oxygens (including phenoxy) is 1. The van der Waals surface area contributed by atoms with Crippen LogP contribution in [0.25, 0.3) is 0 Å². The molecule has 0 radical (unpaired) electrons. The van der Waals surface area contributed by atoms with Gasteiger partial charge in [0.25, 0.3) is 0 Å². The summed E-state index contributed by atoms with van der Waals surface area (Å²) in [6.45, 7) is 4.24. The second-order valence-electron chi connectivity index (χ2n) is 4.78. The molecule has 0 aromatic heterocycles. The minimum absolute atomic E-state index is 0.155. The lowest BCUT2D eigenvalue weighted by atomic mass is 9.96. The monoisotopic (exact) mass is 264 g/mol. The number of nitrogens with one attached hydrogen (secondary N) is 2. The minimum atomic E-state index is -3.15. The quantitative estimate of drug-likeness (QED) is 0.695. The molecular weight excluding hydrogens is 240 g/mol. The van der Waals surface area contributed by atoms with Crippen molar-refractivity contribution in [2.24, 2.45) is 5.92 Å². The third-order valence-electron chi connectivity index (χ3n) is 3.05. The zero-order valence-corrected chi connectivity index (χ0v) is 11.6. The Kier molecular flexibility index (Phi) is 6.40. The van der Waals surface area contributed by atoms with Crippen molar-refractivity contribution in [1.82, 2.24) is 10.0 Å². The molecule has 0 amide bonds. The van der Waals surface area contributed by atoms with Gasteiger partial charge in [0.1, 0.15) is 0 Å². The van der Waals surface area contributed by atoms with E-state index in [1.54, 1.807) is 7.11 Å². The van der Waals surface area contributed by atoms with Crippen LogP contribution < -0.4 is 10.0 Å². The molecule has 102 valence electrons. The van der Waals surface area contributed by atoms with Gasteiger partial charge in [-0.15, -0.1) is 0 Å². The second-order valence-corrected chi connectivity index (χ2v) is 6.65. The molecule has 6 heteroatoms. The number of methoxy groups -OCH3 is 1. The third-order valence-corrected chi connectivity index (χ3v) is 4.59. The molecule has 0 aromatic rings. The summed E-state index contributed by atoms with van der Waals surface area (Å²) >= 11 is 0. The molecule has 5 nitrogen and oxygen atoms in total. The number of sulfonamides is 1. The van der Waals surface area contributed by atoms with Gasteiger partial charge >= 0.3 is 0 Å². The summed E-state index contributed by atoms with van der Waals surface area (Å²) in [5.41, 5.74) is 0. The van der Waals surface area contributed by atoms with E-state index >= 15 is 0 Å². The predicted octanol–water partition coefficient (Wildman–Crippen LogP) is 0.330. The first-order chi connectivity index (χ1) is 8.03. The normalized spacial score (nSPS) is 20.4. The summed E-state index contributed by atoms with van der Waals surface area (Å²) in [6, 6.07) is -0.155. The Morgan fingerprint density at radius 3 is 2.65 bits per heavy atom. The smallest absolute Gasteiger partial charge is 0.211 e. The highest BCUT2D eigenvalue weighted by atomic mass is 32.2. The average molecular weight is 264 g/mol. The lowest BCUT2D eigenvalue weighted by Crippen LogP contribution is -2.38. The van der Waals surface area contributed by atoms with Crippen molar-refractivity contribution in [3.05, 3.63) is 0 Å². The molecule has 1 atom stereocenters. The highest BCUT2D eigenvalue weighted by Gasteiger charge is 2.19. The first kappa shape index (κ1) is 14.9. The molecule has 1 aliphatic rings. The Morgan fingerprint density at radius 1 is 1.41 bits per heavy atom. The first-order valence-electron chi connectivity index (χ1n) is 6.23. The predicted molar refractivity (Wildman–Crippen MR) is 68.5 cm³/mol. The standard InChI is InChI=1S/C11H24N2O3S/c1-10(9-16-2)13-17(14,15)8-5-11-3-6-12-7-4-11/h10-13H,3-9H2,1-2H3. The molecule has 1 saturated heterocycles. The van der Waals surface area contributed by atoms with Crippen molar-refractivity contribution in [2.45, 2.75) is 32.2 Å². The van der Waals surface area contributed by atoms with Gasteiger partial charge in [0.05, 0.1) is 12.4 Å². The highest BCUT2D eigenvalue weighted by Crippen LogP contribution is 2.16. The minimum Gasteiger partial charge on any atom is -0.383 e. The van der Waals surface area contributed by atoms with E-state index in [-0.39, 0.29) is 11.8 Å². The van der Waals surface area contributed by atoms with Crippen molar-refractivity contribution < 1.29 is 13.2 Å². The maximum Gasteiger partial charge on any atom is 0.211 e. The fourth-order valence-electron chi connectivity index (χ4n) is 2.14. The van der Waals surface area contributed by atoms with Crippen LogP contribution in [0.2, 0.25) is 0 Å². The van der Waals surface area contributed by atoms with E-state index in [1.165, 1.54) is 0 Å². The van der Waals surface area contributed by atoms with Crippen molar-refractivity contribution in [3.63, 3.8) is 0 Å². The Morgan fingerprint density at radius 2 is 2.06 bits per heavy atom. The van der Waals surface area contributed by atoms with Crippen molar-refractivity contribution in [1.29, 1.82) is 0 Å². The Balaban J connectivity index is 2.28. The molecule has 17 heavy (non-hydrogen) atoms. The second kappa shape index (κ2) is 7.31. The molecule has 1 aliphatic heterocycles. The number of hydrogen-bond donors (Lipinski definition) is 2. The van der Waals surface area contributed by atoms with E-state index in [4.69, 9.17) is 4.74 Å². The molecular formula is C11H24N2O3S. The number of piperidine rings is 1. The Labute approximate surface area is 104 Å². The highest BCUT2D eigenvalue weighted by molar-refractivity contribution is 7.89. The van der Waals surface area contributed by atoms with Gasteiger partial charge in [-0.05, 0) is 45.2 Å². The van der Waals surface area contributed by atoms with Gasteiger partial charge in [0.15, 0.2) is 0 Å². The fraction of sp³-hybridized carbons (Fsp3) is 1.00. The molecule has 1 rings (SSSR count). The average Bonchev–Trinajstić information content (AvgIpc) is 2.27. The molecule has 0 aromatic carbocycles. The topological polar surface area (TPSA) is 67.4 Å². The molecule has 0 bridgehead atoms. The molecule has 2 N–H and O–H groups in total. The van der Waals surface area contributed by atoms with Crippen LogP contribution in [-0.4, -0.2) is 47.0 Å². The lowest BCUT2D eigenvalue weighted by Gasteiger charge is -2.22. The van der Waals surface area contributed by atoms with E-state index in [1.807, 2.05) is 6.92 Å². The molecule has 0 aliphatic carbocycles.